The van der Waals surface area contributed by atoms with Crippen molar-refractivity contribution in [3.8, 4) is 17.2 Å². The number of hydrazone groups is 1. The van der Waals surface area contributed by atoms with Crippen LogP contribution in [0.25, 0.3) is 0 Å². The van der Waals surface area contributed by atoms with Crippen molar-refractivity contribution in [2.75, 3.05) is 20.3 Å². The van der Waals surface area contributed by atoms with E-state index in [1.807, 2.05) is 32.0 Å². The molecule has 0 atom stereocenters. The first-order chi connectivity index (χ1) is 13.4. The molecule has 28 heavy (non-hydrogen) atoms. The number of nitrogens with zero attached hydrogens (tertiary/aromatic N) is 1. The van der Waals surface area contributed by atoms with Crippen molar-refractivity contribution in [1.82, 2.24) is 5.43 Å². The molecule has 0 aliphatic heterocycles. The second-order valence-corrected chi connectivity index (χ2v) is 5.99. The number of hydrogen-bond acceptors (Lipinski definition) is 6. The van der Waals surface area contributed by atoms with E-state index in [2.05, 4.69) is 10.5 Å². The molecule has 0 bridgehead atoms. The number of primary amides is 1. The molecule has 0 radical (unpaired) electrons. The van der Waals surface area contributed by atoms with Crippen molar-refractivity contribution in [3.63, 3.8) is 0 Å². The van der Waals surface area contributed by atoms with Gasteiger partial charge >= 0.3 is 0 Å². The van der Waals surface area contributed by atoms with Crippen LogP contribution in [0.3, 0.4) is 0 Å². The summed E-state index contributed by atoms with van der Waals surface area (Å²) in [7, 11) is 1.47. The highest BCUT2D eigenvalue weighted by molar-refractivity contribution is 5.83. The molecule has 0 saturated heterocycles. The molecule has 3 N–H and O–H groups in total. The zero-order chi connectivity index (χ0) is 20.5. The molecule has 148 valence electrons. The van der Waals surface area contributed by atoms with Crippen molar-refractivity contribution >= 4 is 18.0 Å². The lowest BCUT2D eigenvalue weighted by Gasteiger charge is -2.09. The normalized spacial score (nSPS) is 10.5. The van der Waals surface area contributed by atoms with Gasteiger partial charge in [-0.3, -0.25) is 9.59 Å². The van der Waals surface area contributed by atoms with Crippen molar-refractivity contribution in [1.29, 1.82) is 0 Å². The van der Waals surface area contributed by atoms with Gasteiger partial charge in [0, 0.05) is 0 Å². The Hall–Kier alpha value is -3.55. The van der Waals surface area contributed by atoms with Crippen LogP contribution in [-0.4, -0.2) is 38.4 Å². The third kappa shape index (κ3) is 6.31. The highest BCUT2D eigenvalue weighted by Gasteiger charge is 2.07. The molecule has 0 spiro atoms. The van der Waals surface area contributed by atoms with Gasteiger partial charge in [0.05, 0.1) is 13.3 Å². The Bertz CT molecular complexity index is 880. The van der Waals surface area contributed by atoms with Gasteiger partial charge in [0.1, 0.15) is 5.75 Å². The van der Waals surface area contributed by atoms with E-state index >= 15 is 0 Å². The Morgan fingerprint density at radius 1 is 1.04 bits per heavy atom. The summed E-state index contributed by atoms with van der Waals surface area (Å²) >= 11 is 0. The number of carbonyl (C=O) groups excluding carboxylic acids is 2. The van der Waals surface area contributed by atoms with Gasteiger partial charge in [0.25, 0.3) is 11.8 Å². The molecule has 8 nitrogen and oxygen atoms in total. The summed E-state index contributed by atoms with van der Waals surface area (Å²) in [6, 6.07) is 10.6. The molecule has 2 amide bonds. The summed E-state index contributed by atoms with van der Waals surface area (Å²) in [6.07, 6.45) is 1.45. The molecule has 0 aliphatic carbocycles. The van der Waals surface area contributed by atoms with Crippen LogP contribution < -0.4 is 25.4 Å². The first-order valence-electron chi connectivity index (χ1n) is 8.50. The van der Waals surface area contributed by atoms with E-state index in [1.165, 1.54) is 13.3 Å². The van der Waals surface area contributed by atoms with Gasteiger partial charge in [-0.2, -0.15) is 5.10 Å². The lowest BCUT2D eigenvalue weighted by atomic mass is 10.1. The van der Waals surface area contributed by atoms with E-state index in [4.69, 9.17) is 19.9 Å². The molecular weight excluding hydrogens is 362 g/mol. The number of aryl methyl sites for hydroxylation is 2. The summed E-state index contributed by atoms with van der Waals surface area (Å²) in [5.41, 5.74) is 10.4. The third-order valence-corrected chi connectivity index (χ3v) is 3.81. The van der Waals surface area contributed by atoms with E-state index in [-0.39, 0.29) is 19.1 Å². The quantitative estimate of drug-likeness (QED) is 0.504. The Morgan fingerprint density at radius 2 is 1.82 bits per heavy atom. The number of nitrogens with two attached hydrogens (primary N) is 1. The second kappa shape index (κ2) is 9.96. The fourth-order valence-corrected chi connectivity index (χ4v) is 2.20. The fourth-order valence-electron chi connectivity index (χ4n) is 2.20. The second-order valence-electron chi connectivity index (χ2n) is 5.99. The molecular formula is C20H23N3O5. The molecule has 2 aromatic rings. The van der Waals surface area contributed by atoms with Crippen LogP contribution in [0.2, 0.25) is 0 Å². The van der Waals surface area contributed by atoms with Crippen molar-refractivity contribution < 1.29 is 23.8 Å². The number of methoxy groups -OCH3 is 1. The fraction of sp³-hybridized carbons (Fsp3) is 0.250. The first-order valence-corrected chi connectivity index (χ1v) is 8.50. The molecule has 2 rings (SSSR count). The van der Waals surface area contributed by atoms with Gasteiger partial charge in [-0.15, -0.1) is 0 Å². The van der Waals surface area contributed by atoms with Crippen LogP contribution in [0.1, 0.15) is 16.7 Å². The smallest absolute Gasteiger partial charge is 0.277 e. The van der Waals surface area contributed by atoms with Crippen LogP contribution in [0.4, 0.5) is 0 Å². The SMILES string of the molecule is COc1cc(C=NNC(=O)COc2ccc(C)c(C)c2)ccc1OCC(N)=O. The minimum atomic E-state index is -0.585. The van der Waals surface area contributed by atoms with Crippen LogP contribution in [-0.2, 0) is 9.59 Å². The number of amides is 2. The highest BCUT2D eigenvalue weighted by atomic mass is 16.5. The molecule has 0 saturated carbocycles. The zero-order valence-electron chi connectivity index (χ0n) is 16.0. The number of rotatable bonds is 9. The third-order valence-electron chi connectivity index (χ3n) is 3.81. The standard InChI is InChI=1S/C20H23N3O5/c1-13-4-6-16(8-14(13)2)27-12-20(25)23-22-10-15-5-7-17(18(9-15)26-3)28-11-19(21)24/h4-10H,11-12H2,1-3H3,(H2,21,24)(H,23,25). The number of hydrogen-bond donors (Lipinski definition) is 2. The van der Waals surface area contributed by atoms with Crippen LogP contribution in [0.15, 0.2) is 41.5 Å². The average molecular weight is 385 g/mol. The van der Waals surface area contributed by atoms with Crippen LogP contribution >= 0.6 is 0 Å². The predicted molar refractivity (Wildman–Crippen MR) is 105 cm³/mol. The van der Waals surface area contributed by atoms with Gasteiger partial charge < -0.3 is 19.9 Å². The van der Waals surface area contributed by atoms with Gasteiger partial charge in [-0.05, 0) is 60.9 Å². The summed E-state index contributed by atoms with van der Waals surface area (Å²) < 4.78 is 15.9. The number of carbonyl (C=O) groups is 2. The predicted octanol–water partition coefficient (Wildman–Crippen LogP) is 1.71. The Kier molecular flexibility index (Phi) is 7.38. The molecule has 0 heterocycles. The minimum Gasteiger partial charge on any atom is -0.493 e. The molecule has 8 heteroatoms. The molecule has 0 unspecified atom stereocenters. The Labute approximate surface area is 163 Å². The highest BCUT2D eigenvalue weighted by Crippen LogP contribution is 2.27. The van der Waals surface area contributed by atoms with Gasteiger partial charge in [0.15, 0.2) is 24.7 Å². The number of nitrogens with one attached hydrogen (secondary N) is 1. The van der Waals surface area contributed by atoms with Crippen molar-refractivity contribution in [2.24, 2.45) is 10.8 Å². The van der Waals surface area contributed by atoms with Crippen molar-refractivity contribution in [2.45, 2.75) is 13.8 Å². The maximum absolute atomic E-state index is 11.8. The molecule has 2 aromatic carbocycles. The molecule has 0 fully saturated rings. The van der Waals surface area contributed by atoms with Gasteiger partial charge in [-0.25, -0.2) is 5.43 Å². The number of ether oxygens (including phenoxy) is 3. The van der Waals surface area contributed by atoms with E-state index in [9.17, 15) is 9.59 Å². The Balaban J connectivity index is 1.87. The first kappa shape index (κ1) is 20.8. The average Bonchev–Trinajstić information content (AvgIpc) is 2.67. The van der Waals surface area contributed by atoms with E-state index in [1.54, 1.807) is 18.2 Å². The summed E-state index contributed by atoms with van der Waals surface area (Å²) in [6.45, 7) is 3.58. The van der Waals surface area contributed by atoms with Gasteiger partial charge in [-0.1, -0.05) is 6.07 Å². The Morgan fingerprint density at radius 3 is 2.50 bits per heavy atom. The maximum atomic E-state index is 11.8. The maximum Gasteiger partial charge on any atom is 0.277 e. The summed E-state index contributed by atoms with van der Waals surface area (Å²) in [5.74, 6) is 0.443. The van der Waals surface area contributed by atoms with Crippen LogP contribution in [0.5, 0.6) is 17.2 Å². The lowest BCUT2D eigenvalue weighted by Crippen LogP contribution is -2.24. The van der Waals surface area contributed by atoms with Crippen LogP contribution in [0, 0.1) is 13.8 Å². The lowest BCUT2D eigenvalue weighted by molar-refractivity contribution is -0.123. The largest absolute Gasteiger partial charge is 0.493 e. The topological polar surface area (TPSA) is 112 Å². The summed E-state index contributed by atoms with van der Waals surface area (Å²) in [4.78, 5) is 22.7. The van der Waals surface area contributed by atoms with E-state index in [0.717, 1.165) is 11.1 Å². The number of benzene rings is 2. The summed E-state index contributed by atoms with van der Waals surface area (Å²) in [5, 5.41) is 3.89. The minimum absolute atomic E-state index is 0.150. The molecule has 0 aliphatic rings. The van der Waals surface area contributed by atoms with E-state index in [0.29, 0.717) is 22.8 Å². The van der Waals surface area contributed by atoms with E-state index < -0.39 is 5.91 Å². The van der Waals surface area contributed by atoms with Crippen molar-refractivity contribution in [3.05, 3.63) is 53.1 Å². The monoisotopic (exact) mass is 385 g/mol. The van der Waals surface area contributed by atoms with Gasteiger partial charge in [0.2, 0.25) is 0 Å². The molecule has 0 aromatic heterocycles. The zero-order valence-corrected chi connectivity index (χ0v) is 16.0.